The van der Waals surface area contributed by atoms with Crippen molar-refractivity contribution < 1.29 is 19.3 Å². The Bertz CT molecular complexity index is 877. The van der Waals surface area contributed by atoms with Crippen molar-refractivity contribution in [3.63, 3.8) is 0 Å². The summed E-state index contributed by atoms with van der Waals surface area (Å²) in [7, 11) is 1.66. The lowest BCUT2D eigenvalue weighted by Crippen LogP contribution is -2.33. The maximum atomic E-state index is 13.7. The molecule has 4 rings (SSSR count). The molecule has 1 aromatic carbocycles. The van der Waals surface area contributed by atoms with E-state index in [0.29, 0.717) is 24.0 Å². The first kappa shape index (κ1) is 21.1. The molecule has 1 aromatic heterocycles. The van der Waals surface area contributed by atoms with Gasteiger partial charge in [-0.3, -0.25) is 0 Å². The van der Waals surface area contributed by atoms with Crippen LogP contribution in [0, 0.1) is 17.8 Å². The number of halogens is 1. The summed E-state index contributed by atoms with van der Waals surface area (Å²) in [5, 5.41) is 20.6. The second kappa shape index (κ2) is 8.52. The van der Waals surface area contributed by atoms with Gasteiger partial charge in [-0.15, -0.1) is 0 Å². The molecule has 1 saturated heterocycles. The summed E-state index contributed by atoms with van der Waals surface area (Å²) >= 11 is 0. The van der Waals surface area contributed by atoms with Crippen LogP contribution in [0.3, 0.4) is 0 Å². The van der Waals surface area contributed by atoms with Crippen LogP contribution in [-0.2, 0) is 6.42 Å². The maximum absolute atomic E-state index is 13.7. The van der Waals surface area contributed by atoms with Crippen LogP contribution < -0.4 is 4.74 Å². The fraction of sp³-hybridized carbons (Fsp3) is 0.542. The molecule has 2 N–H and O–H groups in total. The summed E-state index contributed by atoms with van der Waals surface area (Å²) in [6, 6.07) is 11.1. The van der Waals surface area contributed by atoms with E-state index in [1.807, 2.05) is 18.2 Å². The first-order valence-electron chi connectivity index (χ1n) is 10.8. The summed E-state index contributed by atoms with van der Waals surface area (Å²) in [5.74, 6) is 0.733. The van der Waals surface area contributed by atoms with Crippen molar-refractivity contribution in [2.24, 2.45) is 11.8 Å². The highest BCUT2D eigenvalue weighted by Crippen LogP contribution is 2.46. The Hall–Kier alpha value is -2.18. The van der Waals surface area contributed by atoms with Crippen LogP contribution in [-0.4, -0.2) is 52.4 Å². The van der Waals surface area contributed by atoms with Gasteiger partial charge in [0.05, 0.1) is 12.7 Å². The largest absolute Gasteiger partial charge is 0.504 e. The molecule has 5 nitrogen and oxygen atoms in total. The lowest BCUT2D eigenvalue weighted by atomic mass is 9.91. The van der Waals surface area contributed by atoms with E-state index < -0.39 is 17.3 Å². The molecule has 162 valence electrons. The van der Waals surface area contributed by atoms with Gasteiger partial charge in [0, 0.05) is 37.7 Å². The number of aromatic hydroxyl groups is 1. The Labute approximate surface area is 177 Å². The minimum atomic E-state index is -0.799. The second-order valence-corrected chi connectivity index (χ2v) is 9.05. The molecule has 2 heterocycles. The van der Waals surface area contributed by atoms with Crippen molar-refractivity contribution in [1.29, 1.82) is 0 Å². The van der Waals surface area contributed by atoms with Crippen LogP contribution in [0.2, 0.25) is 0 Å². The number of rotatable bonds is 7. The van der Waals surface area contributed by atoms with Gasteiger partial charge in [0.2, 0.25) is 0 Å². The molecule has 30 heavy (non-hydrogen) atoms. The molecule has 2 fully saturated rings. The third kappa shape index (κ3) is 4.44. The quantitative estimate of drug-likeness (QED) is 0.676. The highest BCUT2D eigenvalue weighted by atomic mass is 19.1. The molecule has 1 aliphatic carbocycles. The van der Waals surface area contributed by atoms with E-state index in [-0.39, 0.29) is 5.92 Å². The molecule has 0 spiro atoms. The first-order chi connectivity index (χ1) is 14.4. The zero-order valence-corrected chi connectivity index (χ0v) is 17.7. The average Bonchev–Trinajstić information content (AvgIpc) is 3.22. The molecular weight excluding hydrogens is 383 g/mol. The van der Waals surface area contributed by atoms with Gasteiger partial charge < -0.3 is 19.8 Å². The maximum Gasteiger partial charge on any atom is 0.255 e. The smallest absolute Gasteiger partial charge is 0.255 e. The number of hydrogen-bond acceptors (Lipinski definition) is 5. The predicted octanol–water partition coefficient (Wildman–Crippen LogP) is 3.74. The van der Waals surface area contributed by atoms with Crippen molar-refractivity contribution >= 4 is 0 Å². The van der Waals surface area contributed by atoms with Crippen molar-refractivity contribution in [2.45, 2.75) is 44.1 Å². The normalized spacial score (nSPS) is 27.2. The Kier molecular flexibility index (Phi) is 5.98. The summed E-state index contributed by atoms with van der Waals surface area (Å²) in [6.07, 6.45) is 3.15. The molecule has 0 amide bonds. The standard InChI is InChI=1S/C24H31FN2O3/c1-3-17(21-7-8-22(28)23(25)26-21)13-27-14-18-11-24(29,12-19(18)15-27)10-16-5-4-6-20(9-16)30-2/h4-9,17-19,28-29H,3,10-15H2,1-2H3/t17?,18-,19+,24-. The molecular formula is C24H31FN2O3. The number of pyridine rings is 1. The minimum absolute atomic E-state index is 0.134. The van der Waals surface area contributed by atoms with Crippen LogP contribution in [0.4, 0.5) is 4.39 Å². The first-order valence-corrected chi connectivity index (χ1v) is 10.8. The van der Waals surface area contributed by atoms with Gasteiger partial charge in [-0.1, -0.05) is 19.1 Å². The minimum Gasteiger partial charge on any atom is -0.504 e. The number of aromatic nitrogens is 1. The molecule has 6 heteroatoms. The van der Waals surface area contributed by atoms with Gasteiger partial charge in [0.25, 0.3) is 5.95 Å². The van der Waals surface area contributed by atoms with Gasteiger partial charge in [-0.2, -0.15) is 4.39 Å². The third-order valence-corrected chi connectivity index (χ3v) is 6.84. The van der Waals surface area contributed by atoms with Crippen LogP contribution in [0.5, 0.6) is 11.5 Å². The summed E-state index contributed by atoms with van der Waals surface area (Å²) < 4.78 is 19.0. The van der Waals surface area contributed by atoms with Gasteiger partial charge in [-0.05, 0) is 60.9 Å². The highest BCUT2D eigenvalue weighted by Gasteiger charge is 2.48. The Morgan fingerprint density at radius 2 is 1.97 bits per heavy atom. The third-order valence-electron chi connectivity index (χ3n) is 6.84. The molecule has 1 saturated carbocycles. The van der Waals surface area contributed by atoms with E-state index >= 15 is 0 Å². The van der Waals surface area contributed by atoms with Gasteiger partial charge in [0.15, 0.2) is 5.75 Å². The monoisotopic (exact) mass is 414 g/mol. The number of likely N-dealkylation sites (tertiary alicyclic amines) is 1. The van der Waals surface area contributed by atoms with Crippen LogP contribution in [0.15, 0.2) is 36.4 Å². The Morgan fingerprint density at radius 1 is 1.23 bits per heavy atom. The van der Waals surface area contributed by atoms with Crippen molar-refractivity contribution in [1.82, 2.24) is 9.88 Å². The number of nitrogens with zero attached hydrogens (tertiary/aromatic N) is 2. The van der Waals surface area contributed by atoms with E-state index in [4.69, 9.17) is 4.74 Å². The second-order valence-electron chi connectivity index (χ2n) is 9.05. The molecule has 2 aromatic rings. The van der Waals surface area contributed by atoms with E-state index in [0.717, 1.165) is 50.2 Å². The fourth-order valence-corrected chi connectivity index (χ4v) is 5.43. The van der Waals surface area contributed by atoms with E-state index in [2.05, 4.69) is 22.9 Å². The number of hydrogen-bond donors (Lipinski definition) is 2. The predicted molar refractivity (Wildman–Crippen MR) is 113 cm³/mol. The SMILES string of the molecule is CCC(CN1C[C@@H]2C[C@@](O)(Cc3cccc(OC)c3)C[C@@H]2C1)c1ccc(O)c(F)n1. The van der Waals surface area contributed by atoms with Crippen LogP contribution in [0.25, 0.3) is 0 Å². The van der Waals surface area contributed by atoms with E-state index in [1.165, 1.54) is 6.07 Å². The van der Waals surface area contributed by atoms with Crippen LogP contribution in [0.1, 0.15) is 43.4 Å². The zero-order chi connectivity index (χ0) is 21.3. The van der Waals surface area contributed by atoms with E-state index in [9.17, 15) is 14.6 Å². The lowest BCUT2D eigenvalue weighted by Gasteiger charge is -2.28. The average molecular weight is 415 g/mol. The molecule has 2 aliphatic rings. The van der Waals surface area contributed by atoms with Crippen molar-refractivity contribution in [3.05, 3.63) is 53.6 Å². The lowest BCUT2D eigenvalue weighted by molar-refractivity contribution is 0.0352. The number of benzene rings is 1. The molecule has 4 atom stereocenters. The van der Waals surface area contributed by atoms with E-state index in [1.54, 1.807) is 13.2 Å². The Balaban J connectivity index is 1.36. The molecule has 1 aliphatic heterocycles. The fourth-order valence-electron chi connectivity index (χ4n) is 5.43. The molecule has 1 unspecified atom stereocenters. The van der Waals surface area contributed by atoms with Gasteiger partial charge >= 0.3 is 0 Å². The van der Waals surface area contributed by atoms with Crippen LogP contribution >= 0.6 is 0 Å². The number of methoxy groups -OCH3 is 1. The summed E-state index contributed by atoms with van der Waals surface area (Å²) in [5.41, 5.74) is 1.15. The zero-order valence-electron chi connectivity index (χ0n) is 17.7. The Morgan fingerprint density at radius 3 is 2.60 bits per heavy atom. The number of ether oxygens (including phenoxy) is 1. The molecule has 0 bridgehead atoms. The summed E-state index contributed by atoms with van der Waals surface area (Å²) in [4.78, 5) is 6.38. The number of fused-ring (bicyclic) bond motifs is 1. The van der Waals surface area contributed by atoms with Crippen molar-refractivity contribution in [3.8, 4) is 11.5 Å². The topological polar surface area (TPSA) is 65.8 Å². The van der Waals surface area contributed by atoms with Gasteiger partial charge in [0.1, 0.15) is 5.75 Å². The number of aliphatic hydroxyl groups is 1. The highest BCUT2D eigenvalue weighted by molar-refractivity contribution is 5.30. The van der Waals surface area contributed by atoms with Gasteiger partial charge in [-0.25, -0.2) is 4.98 Å². The summed E-state index contributed by atoms with van der Waals surface area (Å²) in [6.45, 7) is 4.83. The van der Waals surface area contributed by atoms with Crippen molar-refractivity contribution in [2.75, 3.05) is 26.7 Å². The molecule has 0 radical (unpaired) electrons.